The molecule has 2 amide bonds. The largest absolute Gasteiger partial charge is 0.491 e. The van der Waals surface area contributed by atoms with Gasteiger partial charge in [-0.1, -0.05) is 18.2 Å². The van der Waals surface area contributed by atoms with Crippen LogP contribution in [0.5, 0.6) is 11.5 Å². The molecule has 0 aliphatic carbocycles. The van der Waals surface area contributed by atoms with Crippen LogP contribution in [0.3, 0.4) is 0 Å². The predicted octanol–water partition coefficient (Wildman–Crippen LogP) is 1.82. The minimum absolute atomic E-state index is 0.0416. The summed E-state index contributed by atoms with van der Waals surface area (Å²) in [4.78, 5) is 23.9. The highest BCUT2D eigenvalue weighted by atomic mass is 32.1. The first-order valence-corrected chi connectivity index (χ1v) is 9.38. The van der Waals surface area contributed by atoms with E-state index in [2.05, 4.69) is 16.2 Å². The zero-order chi connectivity index (χ0) is 20.9. The third-order valence-corrected chi connectivity index (χ3v) is 3.68. The summed E-state index contributed by atoms with van der Waals surface area (Å²) in [6, 6.07) is 15.5. The highest BCUT2D eigenvalue weighted by molar-refractivity contribution is 7.80. The first-order valence-electron chi connectivity index (χ1n) is 8.97. The van der Waals surface area contributed by atoms with Gasteiger partial charge in [0.15, 0.2) is 11.7 Å². The van der Waals surface area contributed by atoms with Crippen molar-refractivity contribution in [3.05, 3.63) is 60.2 Å². The fourth-order valence-electron chi connectivity index (χ4n) is 2.10. The number of benzene rings is 2. The predicted molar refractivity (Wildman–Crippen MR) is 112 cm³/mol. The average Bonchev–Trinajstić information content (AvgIpc) is 2.75. The molecule has 0 unspecified atom stereocenters. The zero-order valence-corrected chi connectivity index (χ0v) is 16.8. The third-order valence-electron chi connectivity index (χ3n) is 3.47. The Morgan fingerprint density at radius 3 is 2.28 bits per heavy atom. The second-order valence-corrected chi connectivity index (χ2v) is 6.04. The summed E-state index contributed by atoms with van der Waals surface area (Å²) in [5.41, 5.74) is 5.20. The van der Waals surface area contributed by atoms with Crippen LogP contribution < -0.4 is 25.6 Å². The fraction of sp³-hybridized carbons (Fsp3) is 0.250. The molecule has 29 heavy (non-hydrogen) atoms. The summed E-state index contributed by atoms with van der Waals surface area (Å²) >= 11 is 5.00. The molecule has 0 fully saturated rings. The topological polar surface area (TPSA) is 97.9 Å². The van der Waals surface area contributed by atoms with Gasteiger partial charge in [0.1, 0.15) is 18.1 Å². The van der Waals surface area contributed by atoms with Gasteiger partial charge in [-0.3, -0.25) is 25.8 Å². The van der Waals surface area contributed by atoms with Gasteiger partial charge in [-0.05, 0) is 55.5 Å². The van der Waals surface area contributed by atoms with Crippen molar-refractivity contribution in [2.75, 3.05) is 26.4 Å². The van der Waals surface area contributed by atoms with Gasteiger partial charge < -0.3 is 14.2 Å². The van der Waals surface area contributed by atoms with Gasteiger partial charge in [-0.2, -0.15) is 0 Å². The van der Waals surface area contributed by atoms with Crippen LogP contribution in [0.2, 0.25) is 0 Å². The lowest BCUT2D eigenvalue weighted by molar-refractivity contribution is -0.123. The molecular formula is C20H23N3O5S. The van der Waals surface area contributed by atoms with E-state index in [1.54, 1.807) is 48.5 Å². The van der Waals surface area contributed by atoms with Crippen LogP contribution in [0, 0.1) is 0 Å². The van der Waals surface area contributed by atoms with Crippen LogP contribution >= 0.6 is 12.2 Å². The second-order valence-electron chi connectivity index (χ2n) is 5.63. The number of hydrogen-bond acceptors (Lipinski definition) is 6. The molecule has 2 rings (SSSR count). The maximum Gasteiger partial charge on any atom is 0.276 e. The molecule has 0 aliphatic heterocycles. The maximum atomic E-state index is 12.2. The Hall–Kier alpha value is -3.17. The zero-order valence-electron chi connectivity index (χ0n) is 16.0. The maximum absolute atomic E-state index is 12.2. The van der Waals surface area contributed by atoms with Crippen LogP contribution in [0.1, 0.15) is 17.3 Å². The van der Waals surface area contributed by atoms with Gasteiger partial charge in [-0.15, -0.1) is 0 Å². The third kappa shape index (κ3) is 8.58. The first-order chi connectivity index (χ1) is 14.1. The van der Waals surface area contributed by atoms with E-state index in [9.17, 15) is 9.59 Å². The average molecular weight is 417 g/mol. The molecule has 0 radical (unpaired) electrons. The van der Waals surface area contributed by atoms with Crippen LogP contribution in [0.4, 0.5) is 0 Å². The molecule has 3 N–H and O–H groups in total. The van der Waals surface area contributed by atoms with Crippen LogP contribution in [-0.4, -0.2) is 43.4 Å². The van der Waals surface area contributed by atoms with E-state index in [1.165, 1.54) is 0 Å². The fourth-order valence-corrected chi connectivity index (χ4v) is 2.24. The summed E-state index contributed by atoms with van der Waals surface area (Å²) < 4.78 is 16.0. The van der Waals surface area contributed by atoms with Crippen molar-refractivity contribution in [1.82, 2.24) is 16.2 Å². The quantitative estimate of drug-likeness (QED) is 0.325. The van der Waals surface area contributed by atoms with E-state index in [-0.39, 0.29) is 11.7 Å². The van der Waals surface area contributed by atoms with Gasteiger partial charge in [0.25, 0.3) is 11.8 Å². The number of ether oxygens (including phenoxy) is 3. The second kappa shape index (κ2) is 12.3. The van der Waals surface area contributed by atoms with E-state index in [0.717, 1.165) is 0 Å². The standard InChI is InChI=1S/C20H23N3O5S/c1-2-26-12-13-27-17-10-8-15(9-11-17)19(25)21-20(29)23-22-18(24)14-28-16-6-4-3-5-7-16/h3-11H,2,12-14H2,1H3,(H,22,24)(H2,21,23,25,29). The lowest BCUT2D eigenvalue weighted by Gasteiger charge is -2.12. The Balaban J connectivity index is 1.68. The first kappa shape index (κ1) is 22.1. The summed E-state index contributed by atoms with van der Waals surface area (Å²) in [6.45, 7) is 3.29. The Kier molecular flexibility index (Phi) is 9.40. The Bertz CT molecular complexity index is 800. The Labute approximate surface area is 174 Å². The molecule has 0 aliphatic rings. The number of hydrogen-bond donors (Lipinski definition) is 3. The molecule has 2 aromatic carbocycles. The minimum Gasteiger partial charge on any atom is -0.491 e. The molecular weight excluding hydrogens is 394 g/mol. The molecule has 0 heterocycles. The molecule has 154 valence electrons. The molecule has 0 saturated carbocycles. The van der Waals surface area contributed by atoms with Gasteiger partial charge >= 0.3 is 0 Å². The van der Waals surface area contributed by atoms with E-state index in [4.69, 9.17) is 26.4 Å². The van der Waals surface area contributed by atoms with Gasteiger partial charge in [0, 0.05) is 12.2 Å². The number of carbonyl (C=O) groups excluding carboxylic acids is 2. The number of para-hydroxylation sites is 1. The number of amides is 2. The molecule has 9 heteroatoms. The van der Waals surface area contributed by atoms with E-state index < -0.39 is 11.8 Å². The van der Waals surface area contributed by atoms with E-state index in [0.29, 0.717) is 36.9 Å². The van der Waals surface area contributed by atoms with Crippen molar-refractivity contribution in [3.8, 4) is 11.5 Å². The molecule has 0 spiro atoms. The molecule has 0 aromatic heterocycles. The minimum atomic E-state index is -0.445. The summed E-state index contributed by atoms with van der Waals surface area (Å²) in [5, 5.41) is 2.43. The van der Waals surface area contributed by atoms with Crippen molar-refractivity contribution in [2.24, 2.45) is 0 Å². The lowest BCUT2D eigenvalue weighted by Crippen LogP contribution is -2.49. The smallest absolute Gasteiger partial charge is 0.276 e. The highest BCUT2D eigenvalue weighted by Crippen LogP contribution is 2.12. The molecule has 2 aromatic rings. The van der Waals surface area contributed by atoms with Crippen LogP contribution in [0.25, 0.3) is 0 Å². The van der Waals surface area contributed by atoms with Gasteiger partial charge in [0.2, 0.25) is 0 Å². The number of thiocarbonyl (C=S) groups is 1. The monoisotopic (exact) mass is 417 g/mol. The number of carbonyl (C=O) groups is 2. The number of rotatable bonds is 9. The van der Waals surface area contributed by atoms with E-state index >= 15 is 0 Å². The number of nitrogens with one attached hydrogen (secondary N) is 3. The molecule has 0 saturated heterocycles. The van der Waals surface area contributed by atoms with Gasteiger partial charge in [0.05, 0.1) is 6.61 Å². The van der Waals surface area contributed by atoms with Crippen molar-refractivity contribution in [3.63, 3.8) is 0 Å². The number of hydrazine groups is 1. The van der Waals surface area contributed by atoms with Crippen LogP contribution in [-0.2, 0) is 9.53 Å². The van der Waals surface area contributed by atoms with E-state index in [1.807, 2.05) is 13.0 Å². The summed E-state index contributed by atoms with van der Waals surface area (Å²) in [6.07, 6.45) is 0. The highest BCUT2D eigenvalue weighted by Gasteiger charge is 2.09. The Morgan fingerprint density at radius 2 is 1.59 bits per heavy atom. The van der Waals surface area contributed by atoms with Crippen molar-refractivity contribution in [1.29, 1.82) is 0 Å². The summed E-state index contributed by atoms with van der Waals surface area (Å²) in [7, 11) is 0. The SMILES string of the molecule is CCOCCOc1ccc(C(=O)NC(=S)NNC(=O)COc2ccccc2)cc1. The van der Waals surface area contributed by atoms with Crippen LogP contribution in [0.15, 0.2) is 54.6 Å². The van der Waals surface area contributed by atoms with Crippen molar-refractivity contribution in [2.45, 2.75) is 6.92 Å². The van der Waals surface area contributed by atoms with Crippen molar-refractivity contribution < 1.29 is 23.8 Å². The molecule has 8 nitrogen and oxygen atoms in total. The lowest BCUT2D eigenvalue weighted by atomic mass is 10.2. The normalized spacial score (nSPS) is 9.97. The van der Waals surface area contributed by atoms with Gasteiger partial charge in [-0.25, -0.2) is 0 Å². The molecule has 0 atom stereocenters. The Morgan fingerprint density at radius 1 is 0.897 bits per heavy atom. The van der Waals surface area contributed by atoms with Crippen molar-refractivity contribution >= 4 is 29.1 Å². The molecule has 0 bridgehead atoms. The summed E-state index contributed by atoms with van der Waals surface area (Å²) in [5.74, 6) is 0.341.